The van der Waals surface area contributed by atoms with E-state index < -0.39 is 0 Å². The van der Waals surface area contributed by atoms with Gasteiger partial charge in [-0.2, -0.15) is 0 Å². The molecule has 1 spiro atoms. The van der Waals surface area contributed by atoms with Crippen molar-refractivity contribution in [3.63, 3.8) is 0 Å². The van der Waals surface area contributed by atoms with Gasteiger partial charge in [-0.05, 0) is 25.7 Å². The van der Waals surface area contributed by atoms with E-state index in [4.69, 9.17) is 9.47 Å². The van der Waals surface area contributed by atoms with Crippen LogP contribution in [0.2, 0.25) is 0 Å². The highest BCUT2D eigenvalue weighted by atomic mass is 16.6. The predicted octanol–water partition coefficient (Wildman–Crippen LogP) is 0.927. The van der Waals surface area contributed by atoms with Crippen LogP contribution >= 0.6 is 0 Å². The largest absolute Gasteiger partial charge is 0.378 e. The molecule has 0 aliphatic carbocycles. The Balaban J connectivity index is 1.38. The van der Waals surface area contributed by atoms with Gasteiger partial charge in [0.25, 0.3) is 0 Å². The van der Waals surface area contributed by atoms with E-state index in [1.165, 1.54) is 12.8 Å². The molecule has 1 amide bonds. The summed E-state index contributed by atoms with van der Waals surface area (Å²) in [7, 11) is 0. The van der Waals surface area contributed by atoms with Gasteiger partial charge in [0.1, 0.15) is 0 Å². The van der Waals surface area contributed by atoms with Gasteiger partial charge in [0.05, 0.1) is 12.2 Å². The first-order valence-electron chi connectivity index (χ1n) is 8.00. The van der Waals surface area contributed by atoms with Gasteiger partial charge in [0, 0.05) is 51.7 Å². The molecule has 114 valence electrons. The molecule has 3 aliphatic rings. The van der Waals surface area contributed by atoms with Crippen molar-refractivity contribution in [1.82, 2.24) is 10.2 Å². The summed E-state index contributed by atoms with van der Waals surface area (Å²) in [5.41, 5.74) is -0.0467. The van der Waals surface area contributed by atoms with Crippen molar-refractivity contribution in [1.29, 1.82) is 0 Å². The molecule has 20 heavy (non-hydrogen) atoms. The third kappa shape index (κ3) is 3.32. The number of carbonyl (C=O) groups is 1. The lowest BCUT2D eigenvalue weighted by molar-refractivity contribution is -0.130. The van der Waals surface area contributed by atoms with Crippen LogP contribution in [0.15, 0.2) is 0 Å². The quantitative estimate of drug-likeness (QED) is 0.833. The first kappa shape index (κ1) is 14.3. The Kier molecular flexibility index (Phi) is 4.58. The Morgan fingerprint density at radius 3 is 2.90 bits per heavy atom. The number of nitrogens with one attached hydrogen (secondary N) is 1. The maximum absolute atomic E-state index is 12.0. The molecule has 0 bridgehead atoms. The summed E-state index contributed by atoms with van der Waals surface area (Å²) >= 11 is 0. The molecule has 3 aliphatic heterocycles. The topological polar surface area (TPSA) is 50.8 Å². The molecule has 0 aromatic carbocycles. The Morgan fingerprint density at radius 1 is 1.30 bits per heavy atom. The Labute approximate surface area is 121 Å². The van der Waals surface area contributed by atoms with E-state index in [1.54, 1.807) is 0 Å². The van der Waals surface area contributed by atoms with Crippen molar-refractivity contribution < 1.29 is 14.3 Å². The second-order valence-corrected chi connectivity index (χ2v) is 6.32. The van der Waals surface area contributed by atoms with Gasteiger partial charge in [0.2, 0.25) is 5.91 Å². The van der Waals surface area contributed by atoms with Crippen molar-refractivity contribution >= 4 is 5.91 Å². The van der Waals surface area contributed by atoms with Gasteiger partial charge >= 0.3 is 0 Å². The Morgan fingerprint density at radius 2 is 2.15 bits per heavy atom. The molecule has 0 saturated carbocycles. The molecule has 2 atom stereocenters. The maximum Gasteiger partial charge on any atom is 0.223 e. The highest BCUT2D eigenvalue weighted by Crippen LogP contribution is 2.32. The molecule has 3 heterocycles. The zero-order valence-corrected chi connectivity index (χ0v) is 12.2. The normalized spacial score (nSPS) is 34.0. The van der Waals surface area contributed by atoms with Crippen LogP contribution in [0.3, 0.4) is 0 Å². The molecule has 3 rings (SSSR count). The molecule has 5 heteroatoms. The summed E-state index contributed by atoms with van der Waals surface area (Å²) in [6.45, 7) is 5.06. The molecule has 3 fully saturated rings. The highest BCUT2D eigenvalue weighted by Gasteiger charge is 2.40. The monoisotopic (exact) mass is 282 g/mol. The van der Waals surface area contributed by atoms with Crippen LogP contribution in [-0.2, 0) is 14.3 Å². The van der Waals surface area contributed by atoms with Crippen LogP contribution in [-0.4, -0.2) is 61.9 Å². The second kappa shape index (κ2) is 6.41. The van der Waals surface area contributed by atoms with Gasteiger partial charge in [-0.1, -0.05) is 0 Å². The Hall–Kier alpha value is -0.650. The number of carbonyl (C=O) groups excluding carboxylic acids is 1. The minimum atomic E-state index is -0.0467. The van der Waals surface area contributed by atoms with E-state index in [0.29, 0.717) is 18.4 Å². The number of amides is 1. The maximum atomic E-state index is 12.0. The summed E-state index contributed by atoms with van der Waals surface area (Å²) in [5, 5.41) is 3.54. The smallest absolute Gasteiger partial charge is 0.223 e. The summed E-state index contributed by atoms with van der Waals surface area (Å²) < 4.78 is 11.4. The number of hydrogen-bond donors (Lipinski definition) is 1. The summed E-state index contributed by atoms with van der Waals surface area (Å²) in [4.78, 5) is 14.0. The van der Waals surface area contributed by atoms with Crippen LogP contribution in [0, 0.1) is 0 Å². The average Bonchev–Trinajstić information content (AvgIpc) is 3.11. The van der Waals surface area contributed by atoms with Crippen LogP contribution < -0.4 is 5.32 Å². The van der Waals surface area contributed by atoms with E-state index in [1.807, 2.05) is 4.90 Å². The van der Waals surface area contributed by atoms with E-state index in [0.717, 1.165) is 58.7 Å². The molecule has 3 saturated heterocycles. The summed E-state index contributed by atoms with van der Waals surface area (Å²) in [6.07, 6.45) is 6.03. The standard InChI is InChI=1S/C15H26N2O3/c18-14(17-7-1-2-8-17)3-6-16-13-4-9-20-15(11-13)5-10-19-12-15/h13,16H,1-12H2. The number of likely N-dealkylation sites (tertiary alicyclic amines) is 1. The fraction of sp³-hybridized carbons (Fsp3) is 0.933. The predicted molar refractivity (Wildman–Crippen MR) is 75.6 cm³/mol. The fourth-order valence-corrected chi connectivity index (χ4v) is 3.57. The number of hydrogen-bond acceptors (Lipinski definition) is 4. The SMILES string of the molecule is O=C(CCNC1CCOC2(CCOC2)C1)N1CCCC1. The second-order valence-electron chi connectivity index (χ2n) is 6.32. The van der Waals surface area contributed by atoms with Crippen LogP contribution in [0.4, 0.5) is 0 Å². The van der Waals surface area contributed by atoms with Gasteiger partial charge in [0.15, 0.2) is 0 Å². The zero-order chi connectivity index (χ0) is 13.8. The lowest BCUT2D eigenvalue weighted by Crippen LogP contribution is -2.48. The number of rotatable bonds is 4. The van der Waals surface area contributed by atoms with E-state index >= 15 is 0 Å². The lowest BCUT2D eigenvalue weighted by atomic mass is 9.89. The average molecular weight is 282 g/mol. The lowest BCUT2D eigenvalue weighted by Gasteiger charge is -2.37. The van der Waals surface area contributed by atoms with Crippen molar-refractivity contribution in [2.75, 3.05) is 39.5 Å². The first-order valence-corrected chi connectivity index (χ1v) is 8.00. The fourth-order valence-electron chi connectivity index (χ4n) is 3.57. The van der Waals surface area contributed by atoms with Crippen molar-refractivity contribution in [2.24, 2.45) is 0 Å². The van der Waals surface area contributed by atoms with Crippen LogP contribution in [0.5, 0.6) is 0 Å². The van der Waals surface area contributed by atoms with Crippen molar-refractivity contribution in [2.45, 2.75) is 50.2 Å². The molecule has 0 aromatic rings. The summed E-state index contributed by atoms with van der Waals surface area (Å²) in [6, 6.07) is 0.469. The molecule has 1 N–H and O–H groups in total. The number of nitrogens with zero attached hydrogens (tertiary/aromatic N) is 1. The molecule has 5 nitrogen and oxygen atoms in total. The Bertz CT molecular complexity index is 336. The van der Waals surface area contributed by atoms with Crippen molar-refractivity contribution in [3.05, 3.63) is 0 Å². The highest BCUT2D eigenvalue weighted by molar-refractivity contribution is 5.76. The van der Waals surface area contributed by atoms with Gasteiger partial charge in [-0.25, -0.2) is 0 Å². The van der Waals surface area contributed by atoms with Gasteiger partial charge in [-0.3, -0.25) is 4.79 Å². The third-order valence-electron chi connectivity index (χ3n) is 4.79. The van der Waals surface area contributed by atoms with E-state index in [9.17, 15) is 4.79 Å². The first-order chi connectivity index (χ1) is 9.77. The van der Waals surface area contributed by atoms with Gasteiger partial charge < -0.3 is 19.7 Å². The van der Waals surface area contributed by atoms with Crippen LogP contribution in [0.1, 0.15) is 38.5 Å². The third-order valence-corrected chi connectivity index (χ3v) is 4.79. The molecule has 0 aromatic heterocycles. The van der Waals surface area contributed by atoms with Gasteiger partial charge in [-0.15, -0.1) is 0 Å². The zero-order valence-electron chi connectivity index (χ0n) is 12.2. The molecular weight excluding hydrogens is 256 g/mol. The molecular formula is C15H26N2O3. The van der Waals surface area contributed by atoms with Crippen molar-refractivity contribution in [3.8, 4) is 0 Å². The number of ether oxygens (including phenoxy) is 2. The molecule has 2 unspecified atom stereocenters. The summed E-state index contributed by atoms with van der Waals surface area (Å²) in [5.74, 6) is 0.306. The van der Waals surface area contributed by atoms with E-state index in [2.05, 4.69) is 5.32 Å². The molecule has 0 radical (unpaired) electrons. The van der Waals surface area contributed by atoms with Crippen LogP contribution in [0.25, 0.3) is 0 Å². The van der Waals surface area contributed by atoms with E-state index in [-0.39, 0.29) is 5.60 Å². The minimum Gasteiger partial charge on any atom is -0.378 e. The minimum absolute atomic E-state index is 0.0467.